The van der Waals surface area contributed by atoms with E-state index in [-0.39, 0.29) is 29.5 Å². The molecule has 3 aromatic rings. The van der Waals surface area contributed by atoms with Gasteiger partial charge in [-0.1, -0.05) is 64.7 Å². The van der Waals surface area contributed by atoms with Crippen molar-refractivity contribution in [3.63, 3.8) is 0 Å². The van der Waals surface area contributed by atoms with Gasteiger partial charge in [-0.3, -0.25) is 0 Å². The van der Waals surface area contributed by atoms with Crippen molar-refractivity contribution in [2.45, 2.75) is 165 Å². The molecule has 5 atom stereocenters. The highest BCUT2D eigenvalue weighted by Gasteiger charge is 2.72. The number of nitrogens with zero attached hydrogens (tertiary/aromatic N) is 1. The van der Waals surface area contributed by atoms with Gasteiger partial charge in [0, 0.05) is 38.8 Å². The van der Waals surface area contributed by atoms with Gasteiger partial charge in [0.2, 0.25) is 11.4 Å². The van der Waals surface area contributed by atoms with Crippen LogP contribution in [-0.4, -0.2) is 86.7 Å². The maximum Gasteiger partial charge on any atom is 0.349 e. The molecule has 1 aromatic carbocycles. The lowest BCUT2D eigenvalue weighted by Gasteiger charge is -2.48. The average molecular weight is 840 g/mol. The van der Waals surface area contributed by atoms with Gasteiger partial charge in [0.05, 0.1) is 36.1 Å². The molecule has 2 aromatic heterocycles. The minimum Gasteiger partial charge on any atom is -0.463 e. The molecule has 3 saturated heterocycles. The molecule has 2 N–H and O–H groups in total. The van der Waals surface area contributed by atoms with Crippen molar-refractivity contribution in [2.24, 2.45) is 0 Å². The lowest BCUT2D eigenvalue weighted by Crippen LogP contribution is -2.63. The second-order valence-electron chi connectivity index (χ2n) is 19.1. The maximum atomic E-state index is 13.7. The van der Waals surface area contributed by atoms with E-state index in [9.17, 15) is 9.90 Å². The molecule has 0 radical (unpaired) electrons. The largest absolute Gasteiger partial charge is 0.463 e. The summed E-state index contributed by atoms with van der Waals surface area (Å²) in [5, 5.41) is 19.4. The maximum absolute atomic E-state index is 13.7. The number of thiophene rings is 2. The van der Waals surface area contributed by atoms with Crippen molar-refractivity contribution in [3.8, 4) is 5.75 Å². The van der Waals surface area contributed by atoms with Crippen LogP contribution in [0.15, 0.2) is 53.2 Å². The number of rotatable bonds is 19. The molecule has 0 amide bonds. The van der Waals surface area contributed by atoms with E-state index < -0.39 is 25.7 Å². The number of benzene rings is 1. The average Bonchev–Trinajstić information content (AvgIpc) is 3.44. The first kappa shape index (κ1) is 43.0. The van der Waals surface area contributed by atoms with Crippen molar-refractivity contribution in [1.29, 1.82) is 0 Å². The molecule has 314 valence electrons. The van der Waals surface area contributed by atoms with E-state index in [1.165, 1.54) is 73.2 Å². The number of esters is 1. The fourth-order valence-electron chi connectivity index (χ4n) is 9.15. The molecule has 4 aliphatic heterocycles. The van der Waals surface area contributed by atoms with Crippen molar-refractivity contribution in [3.05, 3.63) is 74.1 Å². The number of morpholine rings is 1. The molecule has 0 aliphatic carbocycles. The topological polar surface area (TPSA) is 98.8 Å². The Morgan fingerprint density at radius 2 is 1.58 bits per heavy atom. The van der Waals surface area contributed by atoms with E-state index >= 15 is 0 Å². The van der Waals surface area contributed by atoms with E-state index in [0.717, 1.165) is 48.3 Å². The number of nitrogens with one attached hydrogen (secondary N) is 1. The number of ether oxygens (including phenoxy) is 4. The summed E-state index contributed by atoms with van der Waals surface area (Å²) in [6.07, 6.45) is 10.6. The number of fused-ring (bicyclic) bond motifs is 6. The fraction of sp³-hybridized carbons (Fsp3) is 0.667. The van der Waals surface area contributed by atoms with Gasteiger partial charge in [0.25, 0.3) is 0 Å². The number of hydrogen-bond donors (Lipinski definition) is 2. The highest BCUT2D eigenvalue weighted by molar-refractivity contribution is 7.12. The van der Waals surface area contributed by atoms with E-state index in [2.05, 4.69) is 64.4 Å². The number of carbonyl (C=O) groups excluding carboxylic acids is 1. The zero-order valence-corrected chi connectivity index (χ0v) is 38.1. The molecule has 4 unspecified atom stereocenters. The van der Waals surface area contributed by atoms with Crippen LogP contribution in [0.5, 0.6) is 5.75 Å². The lowest BCUT2D eigenvalue weighted by atomic mass is 9.94. The first-order valence-corrected chi connectivity index (χ1v) is 26.0. The van der Waals surface area contributed by atoms with E-state index in [0.29, 0.717) is 28.4 Å². The first-order chi connectivity index (χ1) is 27.0. The second-order valence-corrected chi connectivity index (χ2v) is 25.8. The number of aliphatic hydroxyl groups is 1. The number of piperidine rings is 1. The summed E-state index contributed by atoms with van der Waals surface area (Å²) in [6, 6.07) is 14.5. The van der Waals surface area contributed by atoms with E-state index in [4.69, 9.17) is 23.4 Å². The summed E-state index contributed by atoms with van der Waals surface area (Å²) in [7, 11) is 0.407. The zero-order chi connectivity index (χ0) is 40.6. The third-order valence-electron chi connectivity index (χ3n) is 13.6. The molecule has 4 aliphatic rings. The number of carbonyl (C=O) groups is 1. The highest BCUT2D eigenvalue weighted by Crippen LogP contribution is 2.53. The van der Waals surface area contributed by atoms with Crippen LogP contribution in [0.3, 0.4) is 0 Å². The van der Waals surface area contributed by atoms with Gasteiger partial charge >= 0.3 is 5.97 Å². The Hall–Kier alpha value is -2.13. The third kappa shape index (κ3) is 9.29. The summed E-state index contributed by atoms with van der Waals surface area (Å²) in [5.74, 6) is -0.258. The molecular weight excluding hydrogens is 773 g/mol. The number of likely N-dealkylation sites (N-methyl/N-ethyl adjacent to an activating group) is 1. The molecule has 6 heterocycles. The Bertz CT molecular complexity index is 1740. The predicted molar refractivity (Wildman–Crippen MR) is 230 cm³/mol. The number of epoxide rings is 1. The quantitative estimate of drug-likeness (QED) is 0.0406. The number of unbranched alkanes of at least 4 members (excludes halogenated alkanes) is 6. The Morgan fingerprint density at radius 3 is 2.18 bits per heavy atom. The van der Waals surface area contributed by atoms with Gasteiger partial charge in [-0.25, -0.2) is 4.79 Å². The highest BCUT2D eigenvalue weighted by atomic mass is 32.1. The summed E-state index contributed by atoms with van der Waals surface area (Å²) in [5.41, 5.74) is 0.511. The fourth-order valence-corrected chi connectivity index (χ4v) is 12.1. The monoisotopic (exact) mass is 839 g/mol. The van der Waals surface area contributed by atoms with Gasteiger partial charge in [0.15, 0.2) is 8.32 Å². The number of quaternary nitrogens is 1. The third-order valence-corrected chi connectivity index (χ3v) is 20.1. The minimum absolute atomic E-state index is 0.0167. The lowest BCUT2D eigenvalue weighted by molar-refractivity contribution is -0.956. The van der Waals surface area contributed by atoms with E-state index in [1.54, 1.807) is 0 Å². The summed E-state index contributed by atoms with van der Waals surface area (Å²) >= 11 is 2.77. The van der Waals surface area contributed by atoms with Crippen LogP contribution in [0, 0.1) is 0 Å². The molecule has 0 spiro atoms. The normalized spacial score (nSPS) is 27.0. The SMILES string of the molecule is CC1(C)OCc2cc([C@H](CNCCCCCCCCC[N+]3(C)C4CC(OC(=O)C(O)(c5cccs5)c5cccs5)CC3C3OC34)O[Si](C)(C)C(C)(C)C)ccc2O1. The molecule has 2 bridgehead atoms. The van der Waals surface area contributed by atoms with Crippen LogP contribution in [-0.2, 0) is 35.6 Å². The Kier molecular flexibility index (Phi) is 12.9. The Labute approximate surface area is 350 Å². The first-order valence-electron chi connectivity index (χ1n) is 21.4. The molecule has 12 heteroatoms. The van der Waals surface area contributed by atoms with Gasteiger partial charge in [-0.15, -0.1) is 22.7 Å². The summed E-state index contributed by atoms with van der Waals surface area (Å²) in [4.78, 5) is 14.9. The summed E-state index contributed by atoms with van der Waals surface area (Å²) < 4.78 is 32.3. The molecule has 3 fully saturated rings. The Balaban J connectivity index is 0.813. The van der Waals surface area contributed by atoms with Crippen molar-refractivity contribution in [1.82, 2.24) is 5.32 Å². The zero-order valence-electron chi connectivity index (χ0n) is 35.5. The van der Waals surface area contributed by atoms with Crippen LogP contribution in [0.4, 0.5) is 0 Å². The molecular formula is C45H67N2O7S2Si+. The van der Waals surface area contributed by atoms with Crippen LogP contribution < -0.4 is 10.1 Å². The van der Waals surface area contributed by atoms with Crippen LogP contribution in [0.2, 0.25) is 18.1 Å². The van der Waals surface area contributed by atoms with Gasteiger partial charge < -0.3 is 38.3 Å². The van der Waals surface area contributed by atoms with Gasteiger partial charge in [-0.2, -0.15) is 0 Å². The predicted octanol–water partition coefficient (Wildman–Crippen LogP) is 9.44. The van der Waals surface area contributed by atoms with Crippen molar-refractivity contribution < 1.29 is 37.8 Å². The standard InChI is InChI=1S/C45H67N2O7S2Si/c1-43(2,3)57(7,8)54-37(31-20-21-36-32(26-31)30-50-44(4,5)53-36)29-46-22-14-12-10-9-11-13-15-23-47(6)34-27-33(28-35(47)41-40(34)52-41)51-42(48)45(49,38-18-16-24-55-38)39-19-17-25-56-39/h16-21,24-26,33-35,37,40-41,46,49H,9-15,22-23,27-30H2,1-8H3/q+1/t33?,34?,35?,37-,40?,41?,47?/m0/s1. The minimum atomic E-state index is -2.00. The molecule has 0 saturated carbocycles. The second kappa shape index (κ2) is 17.1. The van der Waals surface area contributed by atoms with Crippen molar-refractivity contribution in [2.75, 3.05) is 26.7 Å². The van der Waals surface area contributed by atoms with Crippen LogP contribution >= 0.6 is 22.7 Å². The molecule has 9 nitrogen and oxygen atoms in total. The van der Waals surface area contributed by atoms with Crippen LogP contribution in [0.25, 0.3) is 0 Å². The van der Waals surface area contributed by atoms with E-state index in [1.807, 2.05) is 48.9 Å². The number of hydrogen-bond acceptors (Lipinski definition) is 10. The van der Waals surface area contributed by atoms with Gasteiger partial charge in [0.1, 0.15) is 36.1 Å². The van der Waals surface area contributed by atoms with Crippen LogP contribution in [0.1, 0.15) is 119 Å². The molecule has 57 heavy (non-hydrogen) atoms. The van der Waals surface area contributed by atoms with Gasteiger partial charge in [-0.05, 0) is 84.5 Å². The smallest absolute Gasteiger partial charge is 0.349 e. The van der Waals surface area contributed by atoms with Crippen molar-refractivity contribution >= 4 is 37.0 Å². The Morgan fingerprint density at radius 1 is 0.965 bits per heavy atom. The summed E-state index contributed by atoms with van der Waals surface area (Å²) in [6.45, 7) is 19.0. The molecule has 7 rings (SSSR count).